The van der Waals surface area contributed by atoms with Gasteiger partial charge in [-0.3, -0.25) is 4.98 Å². The molecular weight excluding hydrogens is 240 g/mol. The van der Waals surface area contributed by atoms with Crippen LogP contribution in [0, 0.1) is 0 Å². The standard InChI is InChI=1S/C15H26N2O2/c1-6-8-19-13-9-12(10-16-11-13)14(18)15(3,7-2)17(4)5/h9-11,14,18H,6-8H2,1-5H3. The van der Waals surface area contributed by atoms with Gasteiger partial charge in [0.25, 0.3) is 0 Å². The maximum Gasteiger partial charge on any atom is 0.137 e. The van der Waals surface area contributed by atoms with Crippen LogP contribution >= 0.6 is 0 Å². The van der Waals surface area contributed by atoms with E-state index in [4.69, 9.17) is 4.74 Å². The Morgan fingerprint density at radius 3 is 2.58 bits per heavy atom. The van der Waals surface area contributed by atoms with Crippen molar-refractivity contribution in [1.29, 1.82) is 0 Å². The van der Waals surface area contributed by atoms with Gasteiger partial charge in [0.15, 0.2) is 0 Å². The van der Waals surface area contributed by atoms with Crippen molar-refractivity contribution in [1.82, 2.24) is 9.88 Å². The van der Waals surface area contributed by atoms with Crippen LogP contribution in [0.4, 0.5) is 0 Å². The number of likely N-dealkylation sites (N-methyl/N-ethyl adjacent to an activating group) is 1. The first-order valence-electron chi connectivity index (χ1n) is 6.89. The molecule has 0 fully saturated rings. The van der Waals surface area contributed by atoms with Gasteiger partial charge in [0.1, 0.15) is 5.75 Å². The first kappa shape index (κ1) is 15.9. The lowest BCUT2D eigenvalue weighted by Crippen LogP contribution is -2.46. The van der Waals surface area contributed by atoms with Crippen molar-refractivity contribution in [3.8, 4) is 5.75 Å². The fourth-order valence-electron chi connectivity index (χ4n) is 2.00. The molecule has 2 atom stereocenters. The summed E-state index contributed by atoms with van der Waals surface area (Å²) in [7, 11) is 3.97. The molecule has 1 aromatic rings. The summed E-state index contributed by atoms with van der Waals surface area (Å²) in [6.45, 7) is 6.86. The first-order chi connectivity index (χ1) is 8.95. The van der Waals surface area contributed by atoms with Crippen LogP contribution in [-0.4, -0.2) is 41.2 Å². The number of aromatic nitrogens is 1. The van der Waals surface area contributed by atoms with E-state index in [1.54, 1.807) is 12.4 Å². The topological polar surface area (TPSA) is 45.6 Å². The van der Waals surface area contributed by atoms with E-state index < -0.39 is 6.10 Å². The highest BCUT2D eigenvalue weighted by Gasteiger charge is 2.34. The van der Waals surface area contributed by atoms with Gasteiger partial charge >= 0.3 is 0 Å². The number of hydrogen-bond donors (Lipinski definition) is 1. The van der Waals surface area contributed by atoms with Crippen molar-refractivity contribution >= 4 is 0 Å². The zero-order valence-corrected chi connectivity index (χ0v) is 12.7. The Morgan fingerprint density at radius 2 is 2.05 bits per heavy atom. The van der Waals surface area contributed by atoms with Crippen LogP contribution < -0.4 is 4.74 Å². The smallest absolute Gasteiger partial charge is 0.137 e. The molecule has 0 radical (unpaired) electrons. The quantitative estimate of drug-likeness (QED) is 0.824. The van der Waals surface area contributed by atoms with E-state index in [1.165, 1.54) is 0 Å². The third kappa shape index (κ3) is 3.67. The van der Waals surface area contributed by atoms with E-state index in [9.17, 15) is 5.11 Å². The predicted molar refractivity (Wildman–Crippen MR) is 77.4 cm³/mol. The van der Waals surface area contributed by atoms with Crippen molar-refractivity contribution in [2.45, 2.75) is 45.3 Å². The second kappa shape index (κ2) is 6.87. The van der Waals surface area contributed by atoms with E-state index in [1.807, 2.05) is 20.2 Å². The van der Waals surface area contributed by atoms with E-state index in [2.05, 4.69) is 30.7 Å². The summed E-state index contributed by atoms with van der Waals surface area (Å²) < 4.78 is 5.57. The maximum atomic E-state index is 10.6. The van der Waals surface area contributed by atoms with Crippen LogP contribution in [0.2, 0.25) is 0 Å². The molecule has 0 bridgehead atoms. The summed E-state index contributed by atoms with van der Waals surface area (Å²) in [6.07, 6.45) is 4.61. The number of ether oxygens (including phenoxy) is 1. The highest BCUT2D eigenvalue weighted by atomic mass is 16.5. The summed E-state index contributed by atoms with van der Waals surface area (Å²) >= 11 is 0. The molecule has 0 amide bonds. The molecule has 4 heteroatoms. The largest absolute Gasteiger partial charge is 0.492 e. The molecule has 1 heterocycles. The van der Waals surface area contributed by atoms with Gasteiger partial charge < -0.3 is 14.7 Å². The molecular formula is C15H26N2O2. The molecule has 2 unspecified atom stereocenters. The normalized spacial score (nSPS) is 16.2. The van der Waals surface area contributed by atoms with Gasteiger partial charge in [0, 0.05) is 17.3 Å². The Kier molecular flexibility index (Phi) is 5.76. The summed E-state index contributed by atoms with van der Waals surface area (Å²) in [5, 5.41) is 10.6. The molecule has 0 aliphatic rings. The van der Waals surface area contributed by atoms with Crippen LogP contribution in [0.25, 0.3) is 0 Å². The maximum absolute atomic E-state index is 10.6. The SMILES string of the molecule is CCCOc1cncc(C(O)C(C)(CC)N(C)C)c1. The van der Waals surface area contributed by atoms with Crippen molar-refractivity contribution in [3.63, 3.8) is 0 Å². The Bertz CT molecular complexity index is 395. The van der Waals surface area contributed by atoms with Crippen molar-refractivity contribution in [3.05, 3.63) is 24.0 Å². The summed E-state index contributed by atoms with van der Waals surface area (Å²) in [4.78, 5) is 6.22. The Labute approximate surface area is 116 Å². The van der Waals surface area contributed by atoms with E-state index >= 15 is 0 Å². The highest BCUT2D eigenvalue weighted by Crippen LogP contribution is 2.33. The van der Waals surface area contributed by atoms with Crippen LogP contribution in [-0.2, 0) is 0 Å². The minimum Gasteiger partial charge on any atom is -0.492 e. The van der Waals surface area contributed by atoms with Gasteiger partial charge in [-0.05, 0) is 39.9 Å². The number of rotatable bonds is 7. The molecule has 1 aromatic heterocycles. The van der Waals surface area contributed by atoms with E-state index in [-0.39, 0.29) is 5.54 Å². The average molecular weight is 266 g/mol. The monoisotopic (exact) mass is 266 g/mol. The molecule has 19 heavy (non-hydrogen) atoms. The minimum atomic E-state index is -0.592. The molecule has 0 saturated carbocycles. The number of pyridine rings is 1. The Balaban J connectivity index is 2.95. The minimum absolute atomic E-state index is 0.314. The second-order valence-electron chi connectivity index (χ2n) is 5.31. The van der Waals surface area contributed by atoms with Crippen LogP contribution in [0.1, 0.15) is 45.3 Å². The molecule has 1 rings (SSSR count). The van der Waals surface area contributed by atoms with Crippen molar-refractivity contribution in [2.24, 2.45) is 0 Å². The lowest BCUT2D eigenvalue weighted by Gasteiger charge is -2.40. The molecule has 1 N–H and O–H groups in total. The van der Waals surface area contributed by atoms with Gasteiger partial charge in [-0.1, -0.05) is 13.8 Å². The Morgan fingerprint density at radius 1 is 1.37 bits per heavy atom. The summed E-state index contributed by atoms with van der Waals surface area (Å²) in [6, 6.07) is 1.88. The van der Waals surface area contributed by atoms with Gasteiger partial charge in [-0.2, -0.15) is 0 Å². The van der Waals surface area contributed by atoms with Crippen molar-refractivity contribution in [2.75, 3.05) is 20.7 Å². The molecule has 4 nitrogen and oxygen atoms in total. The third-order valence-corrected chi connectivity index (χ3v) is 3.85. The zero-order valence-electron chi connectivity index (χ0n) is 12.7. The van der Waals surface area contributed by atoms with E-state index in [0.29, 0.717) is 6.61 Å². The average Bonchev–Trinajstić information content (AvgIpc) is 2.43. The molecule has 0 saturated heterocycles. The summed E-state index contributed by atoms with van der Waals surface area (Å²) in [5.74, 6) is 0.718. The molecule has 0 aliphatic carbocycles. The number of aliphatic hydroxyl groups excluding tert-OH is 1. The van der Waals surface area contributed by atoms with Gasteiger partial charge in [-0.25, -0.2) is 0 Å². The van der Waals surface area contributed by atoms with Crippen molar-refractivity contribution < 1.29 is 9.84 Å². The molecule has 0 aromatic carbocycles. The van der Waals surface area contributed by atoms with Gasteiger partial charge in [0.2, 0.25) is 0 Å². The predicted octanol–water partition coefficient (Wildman–Crippen LogP) is 2.63. The Hall–Kier alpha value is -1.13. The highest BCUT2D eigenvalue weighted by molar-refractivity contribution is 5.27. The second-order valence-corrected chi connectivity index (χ2v) is 5.31. The van der Waals surface area contributed by atoms with Gasteiger partial charge in [0.05, 0.1) is 18.9 Å². The van der Waals surface area contributed by atoms with Gasteiger partial charge in [-0.15, -0.1) is 0 Å². The lowest BCUT2D eigenvalue weighted by molar-refractivity contribution is 0.000534. The molecule has 108 valence electrons. The molecule has 0 spiro atoms. The van der Waals surface area contributed by atoms with Crippen LogP contribution in [0.15, 0.2) is 18.5 Å². The zero-order chi connectivity index (χ0) is 14.5. The number of aliphatic hydroxyl groups is 1. The fourth-order valence-corrected chi connectivity index (χ4v) is 2.00. The summed E-state index contributed by atoms with van der Waals surface area (Å²) in [5.41, 5.74) is 0.483. The molecule has 0 aliphatic heterocycles. The van der Waals surface area contributed by atoms with Crippen LogP contribution in [0.3, 0.4) is 0 Å². The lowest BCUT2D eigenvalue weighted by atomic mass is 9.86. The third-order valence-electron chi connectivity index (χ3n) is 3.85. The number of hydrogen-bond acceptors (Lipinski definition) is 4. The number of nitrogens with zero attached hydrogens (tertiary/aromatic N) is 2. The van der Waals surface area contributed by atoms with Crippen LogP contribution in [0.5, 0.6) is 5.75 Å². The first-order valence-corrected chi connectivity index (χ1v) is 6.89. The van der Waals surface area contributed by atoms with E-state index in [0.717, 1.165) is 24.2 Å². The fraction of sp³-hybridized carbons (Fsp3) is 0.667.